The number of benzene rings is 2. The monoisotopic (exact) mass is 262 g/mol. The lowest BCUT2D eigenvalue weighted by Crippen LogP contribution is -2.15. The predicted molar refractivity (Wildman–Crippen MR) is 83.9 cm³/mol. The first-order chi connectivity index (χ1) is 9.65. The number of hydrogen-bond donors (Lipinski definition) is 0. The Bertz CT molecular complexity index is 611. The highest BCUT2D eigenvalue weighted by molar-refractivity contribution is 6.04. The molecule has 0 saturated heterocycles. The van der Waals surface area contributed by atoms with Gasteiger partial charge in [-0.1, -0.05) is 72.8 Å². The van der Waals surface area contributed by atoms with Crippen LogP contribution in [0.3, 0.4) is 0 Å². The molecule has 0 bridgehead atoms. The van der Waals surface area contributed by atoms with E-state index in [4.69, 9.17) is 0 Å². The predicted octanol–water partition coefficient (Wildman–Crippen LogP) is 4.57. The van der Waals surface area contributed by atoms with Gasteiger partial charge in [0.25, 0.3) is 0 Å². The van der Waals surface area contributed by atoms with Crippen LogP contribution in [0.15, 0.2) is 85.5 Å². The molecule has 2 rings (SSSR count). The average Bonchev–Trinajstić information content (AvgIpc) is 2.54. The first-order valence-electron chi connectivity index (χ1n) is 6.63. The van der Waals surface area contributed by atoms with Crippen molar-refractivity contribution < 1.29 is 4.79 Å². The highest BCUT2D eigenvalue weighted by Gasteiger charge is 2.19. The molecule has 20 heavy (non-hydrogen) atoms. The largest absolute Gasteiger partial charge is 0.289 e. The van der Waals surface area contributed by atoms with Crippen LogP contribution in [-0.4, -0.2) is 5.78 Å². The molecule has 0 spiro atoms. The zero-order chi connectivity index (χ0) is 14.4. The first-order valence-corrected chi connectivity index (χ1v) is 6.63. The highest BCUT2D eigenvalue weighted by Crippen LogP contribution is 2.26. The molecule has 0 aromatic heterocycles. The molecule has 0 aliphatic rings. The van der Waals surface area contributed by atoms with Crippen LogP contribution in [0.25, 0.3) is 0 Å². The normalized spacial score (nSPS) is 13.8. The maximum atomic E-state index is 12.1. The topological polar surface area (TPSA) is 17.1 Å². The standard InChI is InChI=1S/C19H18O/c1-3-19(2,17-12-8-5-9-13-17)15-14-18(20)16-10-6-4-7-11-16/h3-15H,1H2,2H3/b15-14+/t19-/m1/s1. The van der Waals surface area contributed by atoms with E-state index in [1.54, 1.807) is 6.08 Å². The van der Waals surface area contributed by atoms with Crippen LogP contribution in [-0.2, 0) is 5.41 Å². The van der Waals surface area contributed by atoms with Gasteiger partial charge in [-0.05, 0) is 18.6 Å². The van der Waals surface area contributed by atoms with Gasteiger partial charge in [0, 0.05) is 11.0 Å². The van der Waals surface area contributed by atoms with Crippen LogP contribution in [0.1, 0.15) is 22.8 Å². The molecule has 2 aromatic rings. The van der Waals surface area contributed by atoms with E-state index in [1.165, 1.54) is 0 Å². The second-order valence-electron chi connectivity index (χ2n) is 4.92. The van der Waals surface area contributed by atoms with Gasteiger partial charge in [0.1, 0.15) is 0 Å². The number of hydrogen-bond acceptors (Lipinski definition) is 1. The summed E-state index contributed by atoms with van der Waals surface area (Å²) in [5.41, 5.74) is 1.47. The smallest absolute Gasteiger partial charge is 0.185 e. The lowest BCUT2D eigenvalue weighted by Gasteiger charge is -2.22. The number of rotatable bonds is 5. The quantitative estimate of drug-likeness (QED) is 0.438. The molecule has 0 N–H and O–H groups in total. The molecular weight excluding hydrogens is 244 g/mol. The fourth-order valence-corrected chi connectivity index (χ4v) is 2.03. The van der Waals surface area contributed by atoms with Gasteiger partial charge in [0.05, 0.1) is 0 Å². The van der Waals surface area contributed by atoms with Gasteiger partial charge in [0.2, 0.25) is 0 Å². The van der Waals surface area contributed by atoms with Crippen LogP contribution in [0.2, 0.25) is 0 Å². The molecular formula is C19H18O. The van der Waals surface area contributed by atoms with Crippen LogP contribution in [0.4, 0.5) is 0 Å². The molecule has 0 amide bonds. The lowest BCUT2D eigenvalue weighted by atomic mass is 9.82. The maximum absolute atomic E-state index is 12.1. The van der Waals surface area contributed by atoms with Gasteiger partial charge in [-0.15, -0.1) is 6.58 Å². The van der Waals surface area contributed by atoms with Crippen molar-refractivity contribution in [2.24, 2.45) is 0 Å². The van der Waals surface area contributed by atoms with Gasteiger partial charge in [-0.3, -0.25) is 4.79 Å². The summed E-state index contributed by atoms with van der Waals surface area (Å²) in [5.74, 6) is 0.00889. The Labute approximate surface area is 120 Å². The van der Waals surface area contributed by atoms with Crippen molar-refractivity contribution in [1.29, 1.82) is 0 Å². The van der Waals surface area contributed by atoms with Gasteiger partial charge in [0.15, 0.2) is 5.78 Å². The Morgan fingerprint density at radius 1 is 1.00 bits per heavy atom. The number of allylic oxidation sites excluding steroid dienone is 3. The van der Waals surface area contributed by atoms with E-state index < -0.39 is 0 Å². The fourth-order valence-electron chi connectivity index (χ4n) is 2.03. The van der Waals surface area contributed by atoms with Crippen molar-refractivity contribution in [1.82, 2.24) is 0 Å². The van der Waals surface area contributed by atoms with Gasteiger partial charge >= 0.3 is 0 Å². The summed E-state index contributed by atoms with van der Waals surface area (Å²) in [6, 6.07) is 19.3. The van der Waals surface area contributed by atoms with E-state index in [0.717, 1.165) is 5.56 Å². The molecule has 0 radical (unpaired) electrons. The molecule has 100 valence electrons. The Balaban J connectivity index is 2.24. The molecule has 0 aliphatic heterocycles. The van der Waals surface area contributed by atoms with Gasteiger partial charge in [-0.25, -0.2) is 0 Å². The number of ketones is 1. The van der Waals surface area contributed by atoms with E-state index in [9.17, 15) is 4.79 Å². The molecule has 0 saturated carbocycles. The van der Waals surface area contributed by atoms with E-state index in [1.807, 2.05) is 79.7 Å². The summed E-state index contributed by atoms with van der Waals surface area (Å²) in [4.78, 5) is 12.1. The van der Waals surface area contributed by atoms with E-state index in [2.05, 4.69) is 6.58 Å². The molecule has 1 atom stereocenters. The van der Waals surface area contributed by atoms with Crippen molar-refractivity contribution in [2.75, 3.05) is 0 Å². The van der Waals surface area contributed by atoms with Gasteiger partial charge < -0.3 is 0 Å². The summed E-state index contributed by atoms with van der Waals surface area (Å²) < 4.78 is 0. The summed E-state index contributed by atoms with van der Waals surface area (Å²) in [7, 11) is 0. The Morgan fingerprint density at radius 2 is 1.55 bits per heavy atom. The zero-order valence-corrected chi connectivity index (χ0v) is 11.6. The minimum Gasteiger partial charge on any atom is -0.289 e. The minimum absolute atomic E-state index is 0.00889. The second kappa shape index (κ2) is 6.16. The van der Waals surface area contributed by atoms with Crippen molar-refractivity contribution >= 4 is 5.78 Å². The van der Waals surface area contributed by atoms with Crippen molar-refractivity contribution in [3.63, 3.8) is 0 Å². The summed E-state index contributed by atoms with van der Waals surface area (Å²) in [6.45, 7) is 5.94. The van der Waals surface area contributed by atoms with Crippen molar-refractivity contribution in [3.05, 3.63) is 96.6 Å². The van der Waals surface area contributed by atoms with Crippen LogP contribution >= 0.6 is 0 Å². The third-order valence-electron chi connectivity index (χ3n) is 3.46. The van der Waals surface area contributed by atoms with Crippen LogP contribution < -0.4 is 0 Å². The Morgan fingerprint density at radius 3 is 2.10 bits per heavy atom. The number of carbonyl (C=O) groups is 1. The fraction of sp³-hybridized carbons (Fsp3) is 0.105. The molecule has 0 unspecified atom stereocenters. The van der Waals surface area contributed by atoms with Gasteiger partial charge in [-0.2, -0.15) is 0 Å². The molecule has 0 heterocycles. The third kappa shape index (κ3) is 3.12. The summed E-state index contributed by atoms with van der Waals surface area (Å²) in [6.07, 6.45) is 5.39. The average molecular weight is 262 g/mol. The summed E-state index contributed by atoms with van der Waals surface area (Å²) >= 11 is 0. The van der Waals surface area contributed by atoms with Crippen molar-refractivity contribution in [3.8, 4) is 0 Å². The highest BCUT2D eigenvalue weighted by atomic mass is 16.1. The molecule has 0 fully saturated rings. The molecule has 2 aromatic carbocycles. The minimum atomic E-state index is -0.342. The SMILES string of the molecule is C=C[C@](C)(/C=C/C(=O)c1ccccc1)c1ccccc1. The first kappa shape index (κ1) is 14.0. The zero-order valence-electron chi connectivity index (χ0n) is 11.6. The Kier molecular flexibility index (Phi) is 4.31. The lowest BCUT2D eigenvalue weighted by molar-refractivity contribution is 0.104. The molecule has 1 heteroatoms. The van der Waals surface area contributed by atoms with Crippen LogP contribution in [0, 0.1) is 0 Å². The number of carbonyl (C=O) groups excluding carboxylic acids is 1. The van der Waals surface area contributed by atoms with E-state index >= 15 is 0 Å². The van der Waals surface area contributed by atoms with Crippen LogP contribution in [0.5, 0.6) is 0 Å². The Hall–Kier alpha value is -2.41. The second-order valence-corrected chi connectivity index (χ2v) is 4.92. The summed E-state index contributed by atoms with van der Waals surface area (Å²) in [5, 5.41) is 0. The van der Waals surface area contributed by atoms with E-state index in [-0.39, 0.29) is 11.2 Å². The molecule has 0 aliphatic carbocycles. The van der Waals surface area contributed by atoms with Crippen molar-refractivity contribution in [2.45, 2.75) is 12.3 Å². The third-order valence-corrected chi connectivity index (χ3v) is 3.46. The molecule has 1 nitrogen and oxygen atoms in total. The van der Waals surface area contributed by atoms with E-state index in [0.29, 0.717) is 5.56 Å². The maximum Gasteiger partial charge on any atom is 0.185 e.